The molecule has 1 saturated carbocycles. The minimum absolute atomic E-state index is 0.202. The van der Waals surface area contributed by atoms with E-state index in [1.165, 1.54) is 38.6 Å². The lowest BCUT2D eigenvalue weighted by atomic mass is 9.89. The molecule has 0 spiro atoms. The topological polar surface area (TPSA) is 23.6 Å². The number of carbonyl (C=O) groups is 1. The lowest BCUT2D eigenvalue weighted by Gasteiger charge is -2.28. The third-order valence-corrected chi connectivity index (χ3v) is 5.38. The fourth-order valence-corrected chi connectivity index (χ4v) is 4.05. The molecule has 23 heavy (non-hydrogen) atoms. The first kappa shape index (κ1) is 16.5. The second-order valence-corrected chi connectivity index (χ2v) is 7.32. The Bertz CT molecular complexity index is 522. The van der Waals surface area contributed by atoms with Gasteiger partial charge in [-0.1, -0.05) is 37.0 Å². The van der Waals surface area contributed by atoms with Gasteiger partial charge >= 0.3 is 0 Å². The van der Waals surface area contributed by atoms with E-state index >= 15 is 0 Å². The molecule has 2 aliphatic rings. The van der Waals surface area contributed by atoms with Gasteiger partial charge in [0.15, 0.2) is 0 Å². The first-order chi connectivity index (χ1) is 11.2. The molecule has 1 aliphatic heterocycles. The number of aryl methyl sites for hydroxylation is 1. The third-order valence-electron chi connectivity index (χ3n) is 5.38. The highest BCUT2D eigenvalue weighted by atomic mass is 16.2. The molecule has 1 saturated heterocycles. The summed E-state index contributed by atoms with van der Waals surface area (Å²) in [5, 5.41) is 0. The SMILES string of the molecule is Cc1cccc(C(=O)N2CCCN(CC3CCCCC3)CC2)c1. The summed E-state index contributed by atoms with van der Waals surface area (Å²) in [5.74, 6) is 1.09. The second kappa shape index (κ2) is 7.96. The van der Waals surface area contributed by atoms with Crippen molar-refractivity contribution < 1.29 is 4.79 Å². The fourth-order valence-electron chi connectivity index (χ4n) is 4.05. The molecule has 1 heterocycles. The van der Waals surface area contributed by atoms with Crippen molar-refractivity contribution >= 4 is 5.91 Å². The number of carbonyl (C=O) groups excluding carboxylic acids is 1. The van der Waals surface area contributed by atoms with Crippen molar-refractivity contribution in [3.8, 4) is 0 Å². The molecule has 2 fully saturated rings. The molecule has 3 nitrogen and oxygen atoms in total. The molecule has 0 radical (unpaired) electrons. The van der Waals surface area contributed by atoms with Crippen LogP contribution in [-0.4, -0.2) is 48.4 Å². The Morgan fingerprint density at radius 2 is 1.87 bits per heavy atom. The van der Waals surface area contributed by atoms with Gasteiger partial charge in [0.05, 0.1) is 0 Å². The number of benzene rings is 1. The van der Waals surface area contributed by atoms with Crippen LogP contribution in [0, 0.1) is 12.8 Å². The summed E-state index contributed by atoms with van der Waals surface area (Å²) in [4.78, 5) is 17.4. The molecule has 0 bridgehead atoms. The van der Waals surface area contributed by atoms with Crippen LogP contribution in [-0.2, 0) is 0 Å². The van der Waals surface area contributed by atoms with E-state index in [9.17, 15) is 4.79 Å². The number of nitrogens with zero attached hydrogens (tertiary/aromatic N) is 2. The van der Waals surface area contributed by atoms with Crippen molar-refractivity contribution in [3.63, 3.8) is 0 Å². The molecule has 0 unspecified atom stereocenters. The second-order valence-electron chi connectivity index (χ2n) is 7.32. The number of hydrogen-bond acceptors (Lipinski definition) is 2. The highest BCUT2D eigenvalue weighted by Gasteiger charge is 2.22. The summed E-state index contributed by atoms with van der Waals surface area (Å²) < 4.78 is 0. The van der Waals surface area contributed by atoms with Gasteiger partial charge < -0.3 is 9.80 Å². The molecule has 1 amide bonds. The van der Waals surface area contributed by atoms with E-state index in [0.29, 0.717) is 0 Å². The van der Waals surface area contributed by atoms with E-state index in [-0.39, 0.29) is 5.91 Å². The number of hydrogen-bond donors (Lipinski definition) is 0. The monoisotopic (exact) mass is 314 g/mol. The Morgan fingerprint density at radius 1 is 1.04 bits per heavy atom. The average molecular weight is 314 g/mol. The number of amides is 1. The van der Waals surface area contributed by atoms with Crippen molar-refractivity contribution in [3.05, 3.63) is 35.4 Å². The van der Waals surface area contributed by atoms with E-state index in [4.69, 9.17) is 0 Å². The summed E-state index contributed by atoms with van der Waals surface area (Å²) in [6.07, 6.45) is 8.16. The predicted molar refractivity (Wildman–Crippen MR) is 94.7 cm³/mol. The van der Waals surface area contributed by atoms with E-state index in [1.807, 2.05) is 31.2 Å². The van der Waals surface area contributed by atoms with E-state index in [0.717, 1.165) is 49.6 Å². The maximum absolute atomic E-state index is 12.7. The van der Waals surface area contributed by atoms with Gasteiger partial charge in [-0.25, -0.2) is 0 Å². The van der Waals surface area contributed by atoms with Crippen LogP contribution in [0.1, 0.15) is 54.4 Å². The average Bonchev–Trinajstić information content (AvgIpc) is 2.81. The number of rotatable bonds is 3. The molecule has 1 aromatic carbocycles. The summed E-state index contributed by atoms with van der Waals surface area (Å²) in [7, 11) is 0. The van der Waals surface area contributed by atoms with Gasteiger partial charge in [0.25, 0.3) is 5.91 Å². The van der Waals surface area contributed by atoms with Crippen LogP contribution in [0.15, 0.2) is 24.3 Å². The van der Waals surface area contributed by atoms with Crippen LogP contribution in [0.5, 0.6) is 0 Å². The van der Waals surface area contributed by atoms with E-state index < -0.39 is 0 Å². The molecule has 3 rings (SSSR count). The summed E-state index contributed by atoms with van der Waals surface area (Å²) in [6, 6.07) is 7.98. The van der Waals surface area contributed by atoms with Gasteiger partial charge in [0, 0.05) is 31.7 Å². The highest BCUT2D eigenvalue weighted by Crippen LogP contribution is 2.24. The van der Waals surface area contributed by atoms with Crippen LogP contribution in [0.3, 0.4) is 0 Å². The largest absolute Gasteiger partial charge is 0.337 e. The van der Waals surface area contributed by atoms with Gasteiger partial charge in [-0.15, -0.1) is 0 Å². The smallest absolute Gasteiger partial charge is 0.253 e. The van der Waals surface area contributed by atoms with Crippen LogP contribution in [0.4, 0.5) is 0 Å². The molecule has 1 aromatic rings. The standard InChI is InChI=1S/C20H30N2O/c1-17-7-5-10-19(15-17)20(23)22-12-6-11-21(13-14-22)16-18-8-3-2-4-9-18/h5,7,10,15,18H,2-4,6,8-9,11-14,16H2,1H3. The fraction of sp³-hybridized carbons (Fsp3) is 0.650. The van der Waals surface area contributed by atoms with Gasteiger partial charge in [0.1, 0.15) is 0 Å². The van der Waals surface area contributed by atoms with Crippen molar-refractivity contribution in [1.29, 1.82) is 0 Å². The maximum Gasteiger partial charge on any atom is 0.253 e. The van der Waals surface area contributed by atoms with E-state index in [2.05, 4.69) is 9.80 Å². The Kier molecular flexibility index (Phi) is 5.71. The molecular formula is C20H30N2O. The summed E-state index contributed by atoms with van der Waals surface area (Å²) >= 11 is 0. The normalized spacial score (nSPS) is 21.2. The Morgan fingerprint density at radius 3 is 2.65 bits per heavy atom. The quantitative estimate of drug-likeness (QED) is 0.849. The van der Waals surface area contributed by atoms with Crippen LogP contribution < -0.4 is 0 Å². The maximum atomic E-state index is 12.7. The van der Waals surface area contributed by atoms with Gasteiger partial charge in [-0.2, -0.15) is 0 Å². The van der Waals surface area contributed by atoms with Crippen molar-refractivity contribution in [2.45, 2.75) is 45.4 Å². The van der Waals surface area contributed by atoms with Crippen LogP contribution in [0.25, 0.3) is 0 Å². The molecule has 0 aromatic heterocycles. The van der Waals surface area contributed by atoms with Gasteiger partial charge in [0.2, 0.25) is 0 Å². The minimum Gasteiger partial charge on any atom is -0.337 e. The Hall–Kier alpha value is -1.35. The molecule has 0 atom stereocenters. The zero-order chi connectivity index (χ0) is 16.1. The van der Waals surface area contributed by atoms with Crippen molar-refractivity contribution in [1.82, 2.24) is 9.80 Å². The lowest BCUT2D eigenvalue weighted by molar-refractivity contribution is 0.0760. The molecule has 3 heteroatoms. The van der Waals surface area contributed by atoms with Crippen molar-refractivity contribution in [2.24, 2.45) is 5.92 Å². The van der Waals surface area contributed by atoms with Crippen LogP contribution >= 0.6 is 0 Å². The van der Waals surface area contributed by atoms with Gasteiger partial charge in [-0.05, 0) is 50.8 Å². The van der Waals surface area contributed by atoms with Crippen LogP contribution in [0.2, 0.25) is 0 Å². The lowest BCUT2D eigenvalue weighted by Crippen LogP contribution is -2.36. The summed E-state index contributed by atoms with van der Waals surface area (Å²) in [5.41, 5.74) is 2.00. The Labute approximate surface area is 140 Å². The first-order valence-corrected chi connectivity index (χ1v) is 9.30. The van der Waals surface area contributed by atoms with E-state index in [1.54, 1.807) is 0 Å². The summed E-state index contributed by atoms with van der Waals surface area (Å²) in [6.45, 7) is 7.24. The van der Waals surface area contributed by atoms with Crippen molar-refractivity contribution in [2.75, 3.05) is 32.7 Å². The third kappa shape index (κ3) is 4.57. The minimum atomic E-state index is 0.202. The first-order valence-electron chi connectivity index (χ1n) is 9.30. The zero-order valence-electron chi connectivity index (χ0n) is 14.5. The highest BCUT2D eigenvalue weighted by molar-refractivity contribution is 5.94. The molecular weight excluding hydrogens is 284 g/mol. The molecule has 1 aliphatic carbocycles. The Balaban J connectivity index is 1.54. The molecule has 0 N–H and O–H groups in total. The zero-order valence-corrected chi connectivity index (χ0v) is 14.5. The predicted octanol–water partition coefficient (Wildman–Crippen LogP) is 3.72. The van der Waals surface area contributed by atoms with Gasteiger partial charge in [-0.3, -0.25) is 4.79 Å². The molecule has 126 valence electrons.